The number of allylic oxidation sites excluding steroid dienone is 9. The SMILES string of the molecule is CCCCCCCCCCCCCCC/C=C/CC/C=C/CC/C=C/C(O)C(COC1OC(CO)C(O)C(O)C1O)NC(=O)CCCCCCCCCCCCCCCCCCC/C=C\C/C=C\CCCCCCCCCCCCCCCCC. The van der Waals surface area contributed by atoms with Crippen LogP contribution >= 0.6 is 0 Å². The molecule has 0 saturated carbocycles. The molecule has 498 valence electrons. The molecule has 1 aliphatic rings. The van der Waals surface area contributed by atoms with Gasteiger partial charge in [-0.3, -0.25) is 4.79 Å². The molecule has 7 unspecified atom stereocenters. The summed E-state index contributed by atoms with van der Waals surface area (Å²) in [5.41, 5.74) is 0. The van der Waals surface area contributed by atoms with Crippen molar-refractivity contribution < 1.29 is 39.8 Å². The fourth-order valence-corrected chi connectivity index (χ4v) is 11.8. The molecule has 0 aromatic carbocycles. The smallest absolute Gasteiger partial charge is 0.220 e. The molecule has 85 heavy (non-hydrogen) atoms. The zero-order valence-corrected chi connectivity index (χ0v) is 55.9. The van der Waals surface area contributed by atoms with Gasteiger partial charge in [-0.05, 0) is 77.0 Å². The second kappa shape index (κ2) is 64.9. The average molecular weight is 1200 g/mol. The van der Waals surface area contributed by atoms with E-state index in [0.717, 1.165) is 51.4 Å². The summed E-state index contributed by atoms with van der Waals surface area (Å²) in [7, 11) is 0. The van der Waals surface area contributed by atoms with Crippen LogP contribution in [-0.4, -0.2) is 87.5 Å². The number of nitrogens with one attached hydrogen (secondary N) is 1. The van der Waals surface area contributed by atoms with Crippen LogP contribution in [0.25, 0.3) is 0 Å². The predicted octanol–water partition coefficient (Wildman–Crippen LogP) is 20.5. The highest BCUT2D eigenvalue weighted by molar-refractivity contribution is 5.76. The molecule has 1 rings (SSSR count). The molecule has 0 spiro atoms. The zero-order chi connectivity index (χ0) is 61.4. The van der Waals surface area contributed by atoms with Gasteiger partial charge in [0.2, 0.25) is 5.91 Å². The molecule has 1 heterocycles. The number of amides is 1. The van der Waals surface area contributed by atoms with E-state index in [-0.39, 0.29) is 12.5 Å². The molecule has 1 saturated heterocycles. The first-order valence-corrected chi connectivity index (χ1v) is 37.0. The van der Waals surface area contributed by atoms with Gasteiger partial charge in [0.1, 0.15) is 24.4 Å². The van der Waals surface area contributed by atoms with Crippen LogP contribution in [0.1, 0.15) is 361 Å². The lowest BCUT2D eigenvalue weighted by molar-refractivity contribution is -0.302. The quantitative estimate of drug-likeness (QED) is 0.0261. The van der Waals surface area contributed by atoms with E-state index in [0.29, 0.717) is 6.42 Å². The van der Waals surface area contributed by atoms with Gasteiger partial charge in [-0.1, -0.05) is 338 Å². The molecule has 0 aromatic heterocycles. The molecule has 1 fully saturated rings. The van der Waals surface area contributed by atoms with Crippen LogP contribution in [0, 0.1) is 0 Å². The van der Waals surface area contributed by atoms with Gasteiger partial charge in [0.25, 0.3) is 0 Å². The van der Waals surface area contributed by atoms with Crippen LogP contribution in [0.4, 0.5) is 0 Å². The normalized spacial score (nSPS) is 18.4. The van der Waals surface area contributed by atoms with E-state index in [9.17, 15) is 30.3 Å². The maximum atomic E-state index is 13.1. The van der Waals surface area contributed by atoms with Gasteiger partial charge in [-0.2, -0.15) is 0 Å². The summed E-state index contributed by atoms with van der Waals surface area (Å²) in [6.07, 6.45) is 83.6. The highest BCUT2D eigenvalue weighted by Gasteiger charge is 2.44. The van der Waals surface area contributed by atoms with Crippen molar-refractivity contribution in [2.75, 3.05) is 13.2 Å². The number of rotatable bonds is 65. The van der Waals surface area contributed by atoms with E-state index in [4.69, 9.17) is 9.47 Å². The van der Waals surface area contributed by atoms with Gasteiger partial charge in [0, 0.05) is 6.42 Å². The fraction of sp³-hybridized carbons (Fsp3) is 0.855. The Balaban J connectivity index is 2.10. The Bertz CT molecular complexity index is 1530. The van der Waals surface area contributed by atoms with Crippen molar-refractivity contribution in [1.82, 2.24) is 5.32 Å². The Morgan fingerprint density at radius 2 is 0.706 bits per heavy atom. The van der Waals surface area contributed by atoms with E-state index >= 15 is 0 Å². The summed E-state index contributed by atoms with van der Waals surface area (Å²) >= 11 is 0. The maximum Gasteiger partial charge on any atom is 0.220 e. The van der Waals surface area contributed by atoms with Crippen molar-refractivity contribution in [2.45, 2.75) is 403 Å². The van der Waals surface area contributed by atoms with Crippen LogP contribution in [0.5, 0.6) is 0 Å². The number of aliphatic hydroxyl groups excluding tert-OH is 5. The minimum absolute atomic E-state index is 0.186. The van der Waals surface area contributed by atoms with Crippen LogP contribution in [0.2, 0.25) is 0 Å². The Labute approximate surface area is 526 Å². The summed E-state index contributed by atoms with van der Waals surface area (Å²) in [6.45, 7) is 3.80. The topological polar surface area (TPSA) is 149 Å². The minimum atomic E-state index is -1.58. The minimum Gasteiger partial charge on any atom is -0.394 e. The van der Waals surface area contributed by atoms with Crippen molar-refractivity contribution in [1.29, 1.82) is 0 Å². The molecule has 1 aliphatic heterocycles. The largest absolute Gasteiger partial charge is 0.394 e. The summed E-state index contributed by atoms with van der Waals surface area (Å²) in [5, 5.41) is 54.7. The number of carbonyl (C=O) groups excluding carboxylic acids is 1. The van der Waals surface area contributed by atoms with Crippen molar-refractivity contribution >= 4 is 5.91 Å². The molecular formula is C76H141NO8. The maximum absolute atomic E-state index is 13.1. The van der Waals surface area contributed by atoms with Gasteiger partial charge in [0.05, 0.1) is 25.4 Å². The summed E-state index contributed by atoms with van der Waals surface area (Å²) in [4.78, 5) is 13.1. The third kappa shape index (κ3) is 53.4. The first-order chi connectivity index (χ1) is 41.8. The van der Waals surface area contributed by atoms with Gasteiger partial charge in [-0.25, -0.2) is 0 Å². The number of unbranched alkanes of at least 4 members (excludes halogenated alkanes) is 47. The highest BCUT2D eigenvalue weighted by atomic mass is 16.7. The zero-order valence-electron chi connectivity index (χ0n) is 55.9. The number of hydrogen-bond acceptors (Lipinski definition) is 8. The molecule has 9 heteroatoms. The average Bonchev–Trinajstić information content (AvgIpc) is 3.55. The van der Waals surface area contributed by atoms with Gasteiger partial charge < -0.3 is 40.3 Å². The first kappa shape index (κ1) is 80.9. The second-order valence-corrected chi connectivity index (χ2v) is 25.7. The van der Waals surface area contributed by atoms with E-state index in [1.807, 2.05) is 6.08 Å². The third-order valence-electron chi connectivity index (χ3n) is 17.5. The lowest BCUT2D eigenvalue weighted by Crippen LogP contribution is -2.60. The van der Waals surface area contributed by atoms with E-state index < -0.39 is 49.5 Å². The van der Waals surface area contributed by atoms with Crippen molar-refractivity contribution in [3.8, 4) is 0 Å². The van der Waals surface area contributed by atoms with Crippen molar-refractivity contribution in [3.63, 3.8) is 0 Å². The number of aliphatic hydroxyl groups is 5. The first-order valence-electron chi connectivity index (χ1n) is 37.0. The summed E-state index contributed by atoms with van der Waals surface area (Å²) in [6, 6.07) is -0.831. The third-order valence-corrected chi connectivity index (χ3v) is 17.5. The Hall–Kier alpha value is -2.11. The fourth-order valence-electron chi connectivity index (χ4n) is 11.8. The highest BCUT2D eigenvalue weighted by Crippen LogP contribution is 2.23. The van der Waals surface area contributed by atoms with Crippen molar-refractivity contribution in [2.24, 2.45) is 0 Å². The van der Waals surface area contributed by atoms with E-state index in [2.05, 4.69) is 67.8 Å². The molecular weight excluding hydrogens is 1050 g/mol. The van der Waals surface area contributed by atoms with Gasteiger partial charge >= 0.3 is 0 Å². The number of hydrogen-bond donors (Lipinski definition) is 6. The number of carbonyl (C=O) groups is 1. The van der Waals surface area contributed by atoms with Gasteiger partial charge in [0.15, 0.2) is 6.29 Å². The monoisotopic (exact) mass is 1200 g/mol. The van der Waals surface area contributed by atoms with Crippen molar-refractivity contribution in [3.05, 3.63) is 60.8 Å². The number of ether oxygens (including phenoxy) is 2. The summed E-state index contributed by atoms with van der Waals surface area (Å²) < 4.78 is 11.3. The molecule has 0 aromatic rings. The Morgan fingerprint density at radius 1 is 0.400 bits per heavy atom. The molecule has 0 radical (unpaired) electrons. The Morgan fingerprint density at radius 3 is 1.06 bits per heavy atom. The predicted molar refractivity (Wildman–Crippen MR) is 364 cm³/mol. The Kier molecular flexibility index (Phi) is 61.7. The van der Waals surface area contributed by atoms with Crippen LogP contribution in [0.3, 0.4) is 0 Å². The molecule has 1 amide bonds. The molecule has 9 nitrogen and oxygen atoms in total. The molecule has 7 atom stereocenters. The molecule has 6 N–H and O–H groups in total. The van der Waals surface area contributed by atoms with Crippen LogP contribution in [0.15, 0.2) is 60.8 Å². The standard InChI is InChI=1S/C76H141NO8/c1-3-5-7-9-11-13-15-17-19-21-23-25-27-28-29-30-31-32-33-34-35-36-37-38-39-40-41-42-44-46-48-50-52-54-56-58-60-62-64-66-72(80)77-69(68-84-76-75(83)74(82)73(81)71(67-78)85-76)70(79)65-63-61-59-57-55-53-51-49-47-45-43-26-24-22-20-18-16-14-12-10-8-6-4-2/h31-32,34-35,47,49,55,57,63,65,69-71,73-76,78-79,81-83H,3-30,33,36-46,48,50-54,56,58-62,64,66-68H2,1-2H3,(H,77,80)/b32-31-,35-34-,49-47+,57-55+,65-63+. The van der Waals surface area contributed by atoms with E-state index in [1.165, 1.54) is 289 Å². The molecule has 0 aliphatic carbocycles. The lowest BCUT2D eigenvalue weighted by atomic mass is 9.99. The van der Waals surface area contributed by atoms with Gasteiger partial charge in [-0.15, -0.1) is 0 Å². The summed E-state index contributed by atoms with van der Waals surface area (Å²) in [5.74, 6) is -0.186. The second-order valence-electron chi connectivity index (χ2n) is 25.7. The molecule has 0 bridgehead atoms. The van der Waals surface area contributed by atoms with E-state index in [1.54, 1.807) is 6.08 Å². The van der Waals surface area contributed by atoms with Crippen LogP contribution < -0.4 is 5.32 Å². The lowest BCUT2D eigenvalue weighted by Gasteiger charge is -2.40. The van der Waals surface area contributed by atoms with Crippen LogP contribution in [-0.2, 0) is 14.3 Å².